The number of hydrogen-bond acceptors (Lipinski definition) is 3. The highest BCUT2D eigenvalue weighted by Crippen LogP contribution is 2.09. The Kier molecular flexibility index (Phi) is 5.55. The summed E-state index contributed by atoms with van der Waals surface area (Å²) in [6.07, 6.45) is 0.921. The fourth-order valence-electron chi connectivity index (χ4n) is 1.77. The van der Waals surface area contributed by atoms with E-state index in [2.05, 4.69) is 0 Å². The molecule has 1 rings (SSSR count). The number of carbonyl (C=O) groups excluding carboxylic acids is 1. The largest absolute Gasteiger partial charge is 0.480 e. The van der Waals surface area contributed by atoms with Crippen LogP contribution in [0.1, 0.15) is 29.3 Å². The zero-order chi connectivity index (χ0) is 14.3. The average molecular weight is 260 g/mol. The maximum atomic E-state index is 12.2. The zero-order valence-electron chi connectivity index (χ0n) is 10.8. The Morgan fingerprint density at radius 1 is 1.42 bits per heavy atom. The molecule has 1 aromatic carbocycles. The van der Waals surface area contributed by atoms with Crippen molar-refractivity contribution in [2.45, 2.75) is 19.8 Å². The molecular formula is C14H16N2O3. The molecule has 100 valence electrons. The van der Waals surface area contributed by atoms with E-state index >= 15 is 0 Å². The quantitative estimate of drug-likeness (QED) is 0.843. The third kappa shape index (κ3) is 4.43. The van der Waals surface area contributed by atoms with Crippen molar-refractivity contribution in [1.82, 2.24) is 4.90 Å². The number of carboxylic acid groups (broad SMARTS) is 1. The summed E-state index contributed by atoms with van der Waals surface area (Å²) in [6.45, 7) is 1.97. The number of aliphatic carboxylic acids is 1. The van der Waals surface area contributed by atoms with E-state index in [0.717, 1.165) is 5.56 Å². The topological polar surface area (TPSA) is 81.4 Å². The molecule has 0 aliphatic rings. The Bertz CT molecular complexity index is 506. The van der Waals surface area contributed by atoms with Crippen LogP contribution >= 0.6 is 0 Å². The molecule has 0 fully saturated rings. The van der Waals surface area contributed by atoms with E-state index in [1.165, 1.54) is 4.90 Å². The molecule has 0 aliphatic heterocycles. The Labute approximate surface area is 112 Å². The molecule has 0 aliphatic carbocycles. The van der Waals surface area contributed by atoms with Gasteiger partial charge in [-0.05, 0) is 24.1 Å². The van der Waals surface area contributed by atoms with Gasteiger partial charge in [0.05, 0.1) is 12.5 Å². The van der Waals surface area contributed by atoms with Crippen LogP contribution in [0.5, 0.6) is 0 Å². The predicted molar refractivity (Wildman–Crippen MR) is 69.6 cm³/mol. The van der Waals surface area contributed by atoms with Gasteiger partial charge in [0.2, 0.25) is 0 Å². The molecule has 5 heteroatoms. The zero-order valence-corrected chi connectivity index (χ0v) is 10.8. The Balaban J connectivity index is 2.92. The highest BCUT2D eigenvalue weighted by Gasteiger charge is 2.17. The van der Waals surface area contributed by atoms with E-state index < -0.39 is 5.97 Å². The van der Waals surface area contributed by atoms with Gasteiger partial charge in [-0.15, -0.1) is 0 Å². The van der Waals surface area contributed by atoms with Gasteiger partial charge in [-0.1, -0.05) is 19.1 Å². The van der Waals surface area contributed by atoms with Gasteiger partial charge in [0.15, 0.2) is 0 Å². The van der Waals surface area contributed by atoms with Gasteiger partial charge in [-0.3, -0.25) is 9.59 Å². The van der Waals surface area contributed by atoms with E-state index in [1.54, 1.807) is 24.3 Å². The van der Waals surface area contributed by atoms with Crippen molar-refractivity contribution in [2.75, 3.05) is 13.1 Å². The minimum Gasteiger partial charge on any atom is -0.480 e. The lowest BCUT2D eigenvalue weighted by Gasteiger charge is -2.20. The molecule has 0 spiro atoms. The van der Waals surface area contributed by atoms with Crippen molar-refractivity contribution < 1.29 is 14.7 Å². The molecule has 0 saturated heterocycles. The molecule has 0 unspecified atom stereocenters. The summed E-state index contributed by atoms with van der Waals surface area (Å²) in [7, 11) is 0. The van der Waals surface area contributed by atoms with Crippen LogP contribution in [0, 0.1) is 11.3 Å². The first-order valence-corrected chi connectivity index (χ1v) is 6.05. The number of carboxylic acids is 1. The summed E-state index contributed by atoms with van der Waals surface area (Å²) in [5, 5.41) is 17.4. The summed E-state index contributed by atoms with van der Waals surface area (Å²) < 4.78 is 0. The van der Waals surface area contributed by atoms with Crippen molar-refractivity contribution in [3.05, 3.63) is 35.4 Å². The summed E-state index contributed by atoms with van der Waals surface area (Å²) >= 11 is 0. The number of nitrogens with zero attached hydrogens (tertiary/aromatic N) is 2. The van der Waals surface area contributed by atoms with Gasteiger partial charge in [0.1, 0.15) is 6.54 Å². The minimum atomic E-state index is -1.03. The van der Waals surface area contributed by atoms with Crippen molar-refractivity contribution >= 4 is 11.9 Å². The molecular weight excluding hydrogens is 244 g/mol. The van der Waals surface area contributed by atoms with Crippen LogP contribution in [0.15, 0.2) is 24.3 Å². The molecule has 0 heterocycles. The summed E-state index contributed by atoms with van der Waals surface area (Å²) in [5.74, 6) is -1.35. The van der Waals surface area contributed by atoms with Crippen LogP contribution in [0.3, 0.4) is 0 Å². The highest BCUT2D eigenvalue weighted by molar-refractivity contribution is 5.96. The number of nitriles is 1. The minimum absolute atomic E-state index is 0.230. The smallest absolute Gasteiger partial charge is 0.323 e. The summed E-state index contributed by atoms with van der Waals surface area (Å²) in [4.78, 5) is 24.3. The van der Waals surface area contributed by atoms with E-state index in [-0.39, 0.29) is 18.9 Å². The molecule has 1 aromatic rings. The van der Waals surface area contributed by atoms with Gasteiger partial charge in [0, 0.05) is 12.1 Å². The van der Waals surface area contributed by atoms with E-state index in [9.17, 15) is 9.59 Å². The SMILES string of the molecule is CCCN(CC(=O)O)C(=O)c1cccc(CC#N)c1. The first kappa shape index (κ1) is 14.7. The van der Waals surface area contributed by atoms with Crippen LogP contribution < -0.4 is 0 Å². The lowest BCUT2D eigenvalue weighted by atomic mass is 10.1. The molecule has 0 saturated carbocycles. The van der Waals surface area contributed by atoms with Crippen LogP contribution in [-0.2, 0) is 11.2 Å². The van der Waals surface area contributed by atoms with Crippen LogP contribution in [0.25, 0.3) is 0 Å². The van der Waals surface area contributed by atoms with Gasteiger partial charge in [-0.2, -0.15) is 5.26 Å². The summed E-state index contributed by atoms with van der Waals surface area (Å²) in [6, 6.07) is 8.75. The number of benzene rings is 1. The molecule has 1 N–H and O–H groups in total. The van der Waals surface area contributed by atoms with Crippen molar-refractivity contribution in [3.8, 4) is 6.07 Å². The van der Waals surface area contributed by atoms with E-state index in [0.29, 0.717) is 18.5 Å². The maximum absolute atomic E-state index is 12.2. The number of rotatable bonds is 6. The lowest BCUT2D eigenvalue weighted by molar-refractivity contribution is -0.137. The van der Waals surface area contributed by atoms with Gasteiger partial charge in [-0.25, -0.2) is 0 Å². The van der Waals surface area contributed by atoms with E-state index in [4.69, 9.17) is 10.4 Å². The number of carbonyl (C=O) groups is 2. The third-order valence-corrected chi connectivity index (χ3v) is 2.56. The fraction of sp³-hybridized carbons (Fsp3) is 0.357. The lowest BCUT2D eigenvalue weighted by Crippen LogP contribution is -2.36. The van der Waals surface area contributed by atoms with Crippen LogP contribution in [0.2, 0.25) is 0 Å². The molecule has 0 atom stereocenters. The Morgan fingerprint density at radius 3 is 2.74 bits per heavy atom. The molecule has 0 radical (unpaired) electrons. The second-order valence-corrected chi connectivity index (χ2v) is 4.16. The maximum Gasteiger partial charge on any atom is 0.323 e. The number of amides is 1. The van der Waals surface area contributed by atoms with Crippen LogP contribution in [-0.4, -0.2) is 35.0 Å². The third-order valence-electron chi connectivity index (χ3n) is 2.56. The van der Waals surface area contributed by atoms with E-state index in [1.807, 2.05) is 13.0 Å². The second-order valence-electron chi connectivity index (χ2n) is 4.16. The van der Waals surface area contributed by atoms with Crippen molar-refractivity contribution in [1.29, 1.82) is 5.26 Å². The molecule has 0 bridgehead atoms. The Morgan fingerprint density at radius 2 is 2.16 bits per heavy atom. The Hall–Kier alpha value is -2.35. The average Bonchev–Trinajstić information content (AvgIpc) is 2.37. The predicted octanol–water partition coefficient (Wildman–Crippen LogP) is 1.69. The fourth-order valence-corrected chi connectivity index (χ4v) is 1.77. The second kappa shape index (κ2) is 7.17. The van der Waals surface area contributed by atoms with Crippen LogP contribution in [0.4, 0.5) is 0 Å². The highest BCUT2D eigenvalue weighted by atomic mass is 16.4. The van der Waals surface area contributed by atoms with Crippen molar-refractivity contribution in [2.24, 2.45) is 0 Å². The van der Waals surface area contributed by atoms with Gasteiger partial charge in [0.25, 0.3) is 5.91 Å². The molecule has 19 heavy (non-hydrogen) atoms. The molecule has 0 aromatic heterocycles. The van der Waals surface area contributed by atoms with Crippen molar-refractivity contribution in [3.63, 3.8) is 0 Å². The monoisotopic (exact) mass is 260 g/mol. The summed E-state index contributed by atoms with van der Waals surface area (Å²) in [5.41, 5.74) is 1.17. The molecule has 5 nitrogen and oxygen atoms in total. The van der Waals surface area contributed by atoms with Gasteiger partial charge < -0.3 is 10.0 Å². The van der Waals surface area contributed by atoms with Gasteiger partial charge >= 0.3 is 5.97 Å². The molecule has 1 amide bonds. The normalized spacial score (nSPS) is 9.68. The standard InChI is InChI=1S/C14H16N2O3/c1-2-8-16(10-13(17)18)14(19)12-5-3-4-11(9-12)6-7-15/h3-5,9H,2,6,8,10H2,1H3,(H,17,18). The number of hydrogen-bond donors (Lipinski definition) is 1. The first-order chi connectivity index (χ1) is 9.08. The first-order valence-electron chi connectivity index (χ1n) is 6.05.